The monoisotopic (exact) mass is 119 g/mol. The normalized spacial score (nSPS) is 13.1. The molecule has 4 nitrogen and oxygen atoms in total. The second kappa shape index (κ2) is 4.36. The van der Waals surface area contributed by atoms with Crippen LogP contribution in [0.5, 0.6) is 0 Å². The molecule has 0 atom stereocenters. The molecule has 0 radical (unpaired) electrons. The molecule has 0 spiro atoms. The smallest absolute Gasteiger partial charge is 0.294 e. The molecule has 0 aliphatic heterocycles. The van der Waals surface area contributed by atoms with Gasteiger partial charge >= 0.3 is 0 Å². The molecule has 8 heavy (non-hydrogen) atoms. The Morgan fingerprint density at radius 3 is 1.75 bits per heavy atom. The Balaban J connectivity index is 0.000000135. The molecule has 4 heteroatoms. The third kappa shape index (κ3) is 19.0. The summed E-state index contributed by atoms with van der Waals surface area (Å²) >= 11 is 0. The summed E-state index contributed by atoms with van der Waals surface area (Å²) in [6, 6.07) is 0. The first-order valence-electron chi connectivity index (χ1n) is 2.46. The van der Waals surface area contributed by atoms with Crippen molar-refractivity contribution in [3.63, 3.8) is 0 Å². The quantitative estimate of drug-likeness (QED) is 0.382. The van der Waals surface area contributed by atoms with Crippen molar-refractivity contribution >= 4 is 0 Å². The van der Waals surface area contributed by atoms with Crippen molar-refractivity contribution in [1.29, 1.82) is 0 Å². The Labute approximate surface area is 47.6 Å². The van der Waals surface area contributed by atoms with Crippen molar-refractivity contribution in [2.24, 2.45) is 0 Å². The van der Waals surface area contributed by atoms with Crippen molar-refractivity contribution in [3.8, 4) is 0 Å². The maximum Gasteiger partial charge on any atom is 0.294 e. The van der Waals surface area contributed by atoms with E-state index in [-0.39, 0.29) is 0 Å². The third-order valence-electron chi connectivity index (χ3n) is 0.503. The molecule has 0 N–H and O–H groups in total. The Bertz CT molecular complexity index is 68.9. The Kier molecular flexibility index (Phi) is 3.93. The van der Waals surface area contributed by atoms with E-state index in [0.29, 0.717) is 0 Å². The summed E-state index contributed by atoms with van der Waals surface area (Å²) in [5.74, 6) is 0. The van der Waals surface area contributed by atoms with E-state index in [1.165, 1.54) is 19.3 Å². The first-order chi connectivity index (χ1) is 3.77. The van der Waals surface area contributed by atoms with Gasteiger partial charge in [0.05, 0.1) is 7.11 Å². The SMILES string of the molecule is C1CC1.CO[N+](=O)[O-]. The molecular formula is C4H9NO3. The first kappa shape index (κ1) is 7.20. The number of rotatable bonds is 1. The summed E-state index contributed by atoms with van der Waals surface area (Å²) in [6.45, 7) is 0. The zero-order valence-corrected chi connectivity index (χ0v) is 4.79. The summed E-state index contributed by atoms with van der Waals surface area (Å²) in [5.41, 5.74) is 0. The summed E-state index contributed by atoms with van der Waals surface area (Å²) in [5, 5.41) is 8.08. The molecule has 0 saturated heterocycles. The van der Waals surface area contributed by atoms with E-state index >= 15 is 0 Å². The summed E-state index contributed by atoms with van der Waals surface area (Å²) in [4.78, 5) is 12.4. The van der Waals surface area contributed by atoms with Gasteiger partial charge in [-0.3, -0.25) is 0 Å². The maximum absolute atomic E-state index is 8.95. The fourth-order valence-corrected chi connectivity index (χ4v) is 0. The predicted molar refractivity (Wildman–Crippen MR) is 27.9 cm³/mol. The second-order valence-electron chi connectivity index (χ2n) is 1.47. The minimum atomic E-state index is -0.875. The van der Waals surface area contributed by atoms with Gasteiger partial charge in [0, 0.05) is 0 Å². The molecule has 1 rings (SSSR count). The fraction of sp³-hybridized carbons (Fsp3) is 1.00. The molecule has 0 bridgehead atoms. The van der Waals surface area contributed by atoms with E-state index in [4.69, 9.17) is 10.1 Å². The zero-order valence-electron chi connectivity index (χ0n) is 4.79. The first-order valence-corrected chi connectivity index (χ1v) is 2.46. The lowest BCUT2D eigenvalue weighted by Gasteiger charge is -1.75. The summed E-state index contributed by atoms with van der Waals surface area (Å²) in [7, 11) is 1.00. The molecule has 48 valence electrons. The van der Waals surface area contributed by atoms with E-state index in [0.717, 1.165) is 7.11 Å². The predicted octanol–water partition coefficient (Wildman–Crippen LogP) is 0.995. The summed E-state index contributed by atoms with van der Waals surface area (Å²) in [6.07, 6.45) is 4.50. The van der Waals surface area contributed by atoms with E-state index in [1.54, 1.807) is 0 Å². The van der Waals surface area contributed by atoms with Crippen LogP contribution in [-0.4, -0.2) is 12.2 Å². The topological polar surface area (TPSA) is 52.4 Å². The Morgan fingerprint density at radius 1 is 1.50 bits per heavy atom. The highest BCUT2D eigenvalue weighted by Gasteiger charge is 1.95. The van der Waals surface area contributed by atoms with E-state index in [1.807, 2.05) is 0 Å². The van der Waals surface area contributed by atoms with Gasteiger partial charge in [-0.25, -0.2) is 0 Å². The molecule has 1 aliphatic carbocycles. The molecule has 1 saturated carbocycles. The zero-order chi connectivity index (χ0) is 6.41. The van der Waals surface area contributed by atoms with E-state index in [2.05, 4.69) is 4.84 Å². The average molecular weight is 119 g/mol. The highest BCUT2D eigenvalue weighted by atomic mass is 16.9. The summed E-state index contributed by atoms with van der Waals surface area (Å²) < 4.78 is 0. The average Bonchev–Trinajstić information content (AvgIpc) is 2.48. The minimum absolute atomic E-state index is 0.875. The lowest BCUT2D eigenvalue weighted by molar-refractivity contribution is -0.749. The van der Waals surface area contributed by atoms with Crippen molar-refractivity contribution in [2.75, 3.05) is 7.11 Å². The van der Waals surface area contributed by atoms with Crippen LogP contribution in [0, 0.1) is 10.1 Å². The molecule has 0 unspecified atom stereocenters. The highest BCUT2D eigenvalue weighted by molar-refractivity contribution is 4.50. The van der Waals surface area contributed by atoms with Crippen LogP contribution in [-0.2, 0) is 4.84 Å². The van der Waals surface area contributed by atoms with Gasteiger partial charge in [-0.1, -0.05) is 19.3 Å². The van der Waals surface area contributed by atoms with Crippen molar-refractivity contribution < 1.29 is 9.92 Å². The van der Waals surface area contributed by atoms with Gasteiger partial charge in [-0.05, 0) is 0 Å². The van der Waals surface area contributed by atoms with Crippen LogP contribution in [0.3, 0.4) is 0 Å². The molecule has 1 fully saturated rings. The molecule has 0 amide bonds. The van der Waals surface area contributed by atoms with Gasteiger partial charge in [0.1, 0.15) is 0 Å². The van der Waals surface area contributed by atoms with Crippen LogP contribution in [0.25, 0.3) is 0 Å². The molecular weight excluding hydrogens is 110 g/mol. The number of hydrogen-bond acceptors (Lipinski definition) is 3. The van der Waals surface area contributed by atoms with Crippen LogP contribution in [0.15, 0.2) is 0 Å². The maximum atomic E-state index is 8.95. The standard InChI is InChI=1S/C3H6.CH3NO3/c1-2-3-1;1-5-2(3)4/h1-3H2;1H3. The van der Waals surface area contributed by atoms with Crippen LogP contribution < -0.4 is 0 Å². The third-order valence-corrected chi connectivity index (χ3v) is 0.503. The van der Waals surface area contributed by atoms with Crippen LogP contribution in [0.1, 0.15) is 19.3 Å². The van der Waals surface area contributed by atoms with Crippen molar-refractivity contribution in [3.05, 3.63) is 10.1 Å². The minimum Gasteiger partial charge on any atom is -0.317 e. The van der Waals surface area contributed by atoms with Gasteiger partial charge < -0.3 is 4.84 Å². The highest BCUT2D eigenvalue weighted by Crippen LogP contribution is 2.14. The molecule has 0 aromatic rings. The lowest BCUT2D eigenvalue weighted by Crippen LogP contribution is -1.91. The Hall–Kier alpha value is -0.800. The molecule has 0 heterocycles. The molecule has 0 aromatic carbocycles. The fourth-order valence-electron chi connectivity index (χ4n) is 0. The van der Waals surface area contributed by atoms with Crippen LogP contribution in [0.4, 0.5) is 0 Å². The van der Waals surface area contributed by atoms with Crippen molar-refractivity contribution in [2.45, 2.75) is 19.3 Å². The number of nitrogens with zero attached hydrogens (tertiary/aromatic N) is 1. The van der Waals surface area contributed by atoms with Gasteiger partial charge in [-0.2, -0.15) is 0 Å². The number of hydrogen-bond donors (Lipinski definition) is 0. The van der Waals surface area contributed by atoms with Crippen LogP contribution in [0.2, 0.25) is 0 Å². The largest absolute Gasteiger partial charge is 0.317 e. The van der Waals surface area contributed by atoms with E-state index in [9.17, 15) is 0 Å². The molecule has 0 aromatic heterocycles. The second-order valence-corrected chi connectivity index (χ2v) is 1.47. The van der Waals surface area contributed by atoms with Gasteiger partial charge in [0.25, 0.3) is 5.09 Å². The van der Waals surface area contributed by atoms with Gasteiger partial charge in [0.2, 0.25) is 0 Å². The van der Waals surface area contributed by atoms with Gasteiger partial charge in [-0.15, -0.1) is 10.1 Å². The van der Waals surface area contributed by atoms with E-state index < -0.39 is 5.09 Å². The Morgan fingerprint density at radius 2 is 1.75 bits per heavy atom. The van der Waals surface area contributed by atoms with Crippen LogP contribution >= 0.6 is 0 Å². The lowest BCUT2D eigenvalue weighted by atomic mass is 11.0. The van der Waals surface area contributed by atoms with Gasteiger partial charge in [0.15, 0.2) is 0 Å². The molecule has 1 aliphatic rings. The van der Waals surface area contributed by atoms with Crippen molar-refractivity contribution in [1.82, 2.24) is 0 Å².